The molecule has 1 unspecified atom stereocenters. The Bertz CT molecular complexity index is 519. The molecular weight excluding hydrogens is 290 g/mol. The lowest BCUT2D eigenvalue weighted by Gasteiger charge is -2.34. The number of hydrogen-bond donors (Lipinski definition) is 3. The fourth-order valence-electron chi connectivity index (χ4n) is 3.13. The second kappa shape index (κ2) is 9.01. The molecule has 1 atom stereocenters. The van der Waals surface area contributed by atoms with Crippen LogP contribution in [0.5, 0.6) is 0 Å². The fourth-order valence-corrected chi connectivity index (χ4v) is 3.13. The number of likely N-dealkylation sites (tertiary alicyclic amines) is 1. The van der Waals surface area contributed by atoms with Crippen LogP contribution in [0.2, 0.25) is 0 Å². The molecule has 5 heteroatoms. The molecular formula is C18H29N3O2. The van der Waals surface area contributed by atoms with E-state index >= 15 is 0 Å². The van der Waals surface area contributed by atoms with Crippen molar-refractivity contribution in [2.45, 2.75) is 39.2 Å². The third kappa shape index (κ3) is 5.61. The smallest absolute Gasteiger partial charge is 0.238 e. The maximum Gasteiger partial charge on any atom is 0.238 e. The lowest BCUT2D eigenvalue weighted by molar-refractivity contribution is -0.115. The molecule has 1 amide bonds. The normalized spacial score (nSPS) is 18.8. The Kier molecular flexibility index (Phi) is 7.02. The third-order valence-corrected chi connectivity index (χ3v) is 4.48. The number of nitrogens with one attached hydrogen (secondary N) is 2. The molecule has 1 heterocycles. The van der Waals surface area contributed by atoms with Crippen LogP contribution in [0.15, 0.2) is 18.2 Å². The maximum absolute atomic E-state index is 12.0. The van der Waals surface area contributed by atoms with E-state index in [-0.39, 0.29) is 18.6 Å². The summed E-state index contributed by atoms with van der Waals surface area (Å²) in [5.74, 6) is -0.0192. The highest BCUT2D eigenvalue weighted by Gasteiger charge is 2.20. The molecule has 0 bridgehead atoms. The molecule has 1 aromatic rings. The molecule has 1 aromatic carbocycles. The molecule has 1 aliphatic rings. The van der Waals surface area contributed by atoms with Gasteiger partial charge in [0.1, 0.15) is 0 Å². The summed E-state index contributed by atoms with van der Waals surface area (Å²) in [6.07, 6.45) is 3.47. The van der Waals surface area contributed by atoms with Gasteiger partial charge in [0.15, 0.2) is 0 Å². The first-order chi connectivity index (χ1) is 11.1. The molecule has 0 aromatic heterocycles. The van der Waals surface area contributed by atoms with Crippen molar-refractivity contribution in [1.29, 1.82) is 0 Å². The van der Waals surface area contributed by atoms with E-state index in [4.69, 9.17) is 0 Å². The molecule has 0 spiro atoms. The van der Waals surface area contributed by atoms with Gasteiger partial charge in [0, 0.05) is 24.8 Å². The summed E-state index contributed by atoms with van der Waals surface area (Å²) in [6.45, 7) is 7.26. The summed E-state index contributed by atoms with van der Waals surface area (Å²) < 4.78 is 0. The number of piperidine rings is 1. The van der Waals surface area contributed by atoms with Crippen LogP contribution in [-0.4, -0.2) is 54.7 Å². The number of anilines is 1. The zero-order chi connectivity index (χ0) is 16.7. The Morgan fingerprint density at radius 2 is 2.17 bits per heavy atom. The van der Waals surface area contributed by atoms with Crippen LogP contribution in [0.4, 0.5) is 5.69 Å². The van der Waals surface area contributed by atoms with Gasteiger partial charge in [-0.25, -0.2) is 0 Å². The van der Waals surface area contributed by atoms with Gasteiger partial charge in [0.05, 0.1) is 13.2 Å². The lowest BCUT2D eigenvalue weighted by Crippen LogP contribution is -2.45. The number of aliphatic hydroxyl groups is 1. The topological polar surface area (TPSA) is 64.6 Å². The number of amides is 1. The molecule has 1 fully saturated rings. The van der Waals surface area contributed by atoms with Crippen molar-refractivity contribution in [2.75, 3.05) is 38.1 Å². The number of rotatable bonds is 7. The molecule has 0 radical (unpaired) electrons. The number of hydrogen-bond acceptors (Lipinski definition) is 4. The van der Waals surface area contributed by atoms with Gasteiger partial charge in [-0.15, -0.1) is 0 Å². The van der Waals surface area contributed by atoms with Crippen molar-refractivity contribution in [3.05, 3.63) is 29.3 Å². The van der Waals surface area contributed by atoms with Crippen molar-refractivity contribution < 1.29 is 9.90 Å². The predicted molar refractivity (Wildman–Crippen MR) is 93.7 cm³/mol. The SMILES string of the molecule is Cc1ccc(NC(=O)CNCCN2CCCCC2CO)c(C)c1. The number of carbonyl (C=O) groups is 1. The average molecular weight is 319 g/mol. The van der Waals surface area contributed by atoms with Crippen LogP contribution in [0.25, 0.3) is 0 Å². The molecule has 2 rings (SSSR count). The van der Waals surface area contributed by atoms with E-state index in [1.54, 1.807) is 0 Å². The molecule has 1 saturated heterocycles. The highest BCUT2D eigenvalue weighted by atomic mass is 16.3. The number of benzene rings is 1. The number of nitrogens with zero attached hydrogens (tertiary/aromatic N) is 1. The lowest BCUT2D eigenvalue weighted by atomic mass is 10.0. The van der Waals surface area contributed by atoms with E-state index in [0.29, 0.717) is 6.54 Å². The van der Waals surface area contributed by atoms with Crippen LogP contribution < -0.4 is 10.6 Å². The minimum absolute atomic E-state index is 0.0192. The Balaban J connectivity index is 1.68. The maximum atomic E-state index is 12.0. The zero-order valence-corrected chi connectivity index (χ0v) is 14.3. The fraction of sp³-hybridized carbons (Fsp3) is 0.611. The summed E-state index contributed by atoms with van der Waals surface area (Å²) in [5, 5.41) is 15.5. The van der Waals surface area contributed by atoms with E-state index in [1.807, 2.05) is 26.0 Å². The first-order valence-corrected chi connectivity index (χ1v) is 8.53. The zero-order valence-electron chi connectivity index (χ0n) is 14.3. The highest BCUT2D eigenvalue weighted by molar-refractivity contribution is 5.92. The van der Waals surface area contributed by atoms with Gasteiger partial charge < -0.3 is 15.7 Å². The molecule has 0 aliphatic carbocycles. The summed E-state index contributed by atoms with van der Waals surface area (Å²) in [5.41, 5.74) is 3.15. The Labute approximate surface area is 139 Å². The Hall–Kier alpha value is -1.43. The van der Waals surface area contributed by atoms with E-state index < -0.39 is 0 Å². The van der Waals surface area contributed by atoms with Crippen LogP contribution >= 0.6 is 0 Å². The minimum Gasteiger partial charge on any atom is -0.395 e. The number of aliphatic hydroxyl groups excluding tert-OH is 1. The van der Waals surface area contributed by atoms with Gasteiger partial charge in [-0.2, -0.15) is 0 Å². The molecule has 128 valence electrons. The van der Waals surface area contributed by atoms with Crippen LogP contribution in [0.1, 0.15) is 30.4 Å². The summed E-state index contributed by atoms with van der Waals surface area (Å²) in [4.78, 5) is 14.3. The van der Waals surface area contributed by atoms with Gasteiger partial charge >= 0.3 is 0 Å². The second-order valence-corrected chi connectivity index (χ2v) is 6.41. The predicted octanol–water partition coefficient (Wildman–Crippen LogP) is 1.68. The second-order valence-electron chi connectivity index (χ2n) is 6.41. The molecule has 1 aliphatic heterocycles. The van der Waals surface area contributed by atoms with Gasteiger partial charge in [-0.3, -0.25) is 9.69 Å². The third-order valence-electron chi connectivity index (χ3n) is 4.48. The van der Waals surface area contributed by atoms with Gasteiger partial charge in [0.25, 0.3) is 0 Å². The van der Waals surface area contributed by atoms with Gasteiger partial charge in [0.2, 0.25) is 5.91 Å². The van der Waals surface area contributed by atoms with Crippen LogP contribution in [-0.2, 0) is 4.79 Å². The number of aryl methyl sites for hydroxylation is 2. The molecule has 5 nitrogen and oxygen atoms in total. The number of carbonyl (C=O) groups excluding carboxylic acids is 1. The standard InChI is InChI=1S/C18H29N3O2/c1-14-6-7-17(15(2)11-14)20-18(23)12-19-8-10-21-9-4-3-5-16(21)13-22/h6-7,11,16,19,22H,3-5,8-10,12-13H2,1-2H3,(H,20,23). The van der Waals surface area contributed by atoms with Crippen LogP contribution in [0, 0.1) is 13.8 Å². The summed E-state index contributed by atoms with van der Waals surface area (Å²) in [7, 11) is 0. The van der Waals surface area contributed by atoms with Crippen LogP contribution in [0.3, 0.4) is 0 Å². The largest absolute Gasteiger partial charge is 0.395 e. The van der Waals surface area contributed by atoms with Crippen molar-refractivity contribution in [3.8, 4) is 0 Å². The van der Waals surface area contributed by atoms with Gasteiger partial charge in [-0.1, -0.05) is 24.1 Å². The summed E-state index contributed by atoms with van der Waals surface area (Å²) in [6, 6.07) is 6.30. The van der Waals surface area contributed by atoms with Gasteiger partial charge in [-0.05, 0) is 44.9 Å². The first-order valence-electron chi connectivity index (χ1n) is 8.53. The van der Waals surface area contributed by atoms with Crippen molar-refractivity contribution >= 4 is 11.6 Å². The molecule has 0 saturated carbocycles. The van der Waals surface area contributed by atoms with E-state index in [1.165, 1.54) is 18.4 Å². The Morgan fingerprint density at radius 3 is 2.91 bits per heavy atom. The monoisotopic (exact) mass is 319 g/mol. The van der Waals surface area contributed by atoms with E-state index in [0.717, 1.165) is 37.3 Å². The van der Waals surface area contributed by atoms with Crippen molar-refractivity contribution in [1.82, 2.24) is 10.2 Å². The quantitative estimate of drug-likeness (QED) is 0.669. The molecule has 23 heavy (non-hydrogen) atoms. The first kappa shape index (κ1) is 17.9. The van der Waals surface area contributed by atoms with E-state index in [9.17, 15) is 9.90 Å². The van der Waals surface area contributed by atoms with Crippen molar-refractivity contribution in [3.63, 3.8) is 0 Å². The average Bonchev–Trinajstić information content (AvgIpc) is 2.54. The molecule has 3 N–H and O–H groups in total. The highest BCUT2D eigenvalue weighted by Crippen LogP contribution is 2.16. The minimum atomic E-state index is -0.0192. The summed E-state index contributed by atoms with van der Waals surface area (Å²) >= 11 is 0. The van der Waals surface area contributed by atoms with E-state index in [2.05, 4.69) is 21.6 Å². The van der Waals surface area contributed by atoms with Crippen molar-refractivity contribution in [2.24, 2.45) is 0 Å². The Morgan fingerprint density at radius 1 is 1.35 bits per heavy atom.